The topological polar surface area (TPSA) is 65.5 Å². The molecule has 2 unspecified atom stereocenters. The van der Waals surface area contributed by atoms with Crippen molar-refractivity contribution in [1.29, 1.82) is 0 Å². The average Bonchev–Trinajstić information content (AvgIpc) is 2.66. The van der Waals surface area contributed by atoms with Crippen LogP contribution in [0.5, 0.6) is 0 Å². The molecule has 27 heavy (non-hydrogen) atoms. The zero-order valence-corrected chi connectivity index (χ0v) is 17.9. The summed E-state index contributed by atoms with van der Waals surface area (Å²) in [5.41, 5.74) is 1.20. The molecule has 7 heteroatoms. The van der Waals surface area contributed by atoms with Crippen molar-refractivity contribution in [3.63, 3.8) is 0 Å². The van der Waals surface area contributed by atoms with Crippen molar-refractivity contribution >= 4 is 36.0 Å². The first kappa shape index (κ1) is 21.9. The molecule has 0 aliphatic heterocycles. The molecule has 0 fully saturated rings. The van der Waals surface area contributed by atoms with Crippen LogP contribution >= 0.6 is 19.1 Å². The first-order valence-electron chi connectivity index (χ1n) is 9.39. The van der Waals surface area contributed by atoms with Gasteiger partial charge in [-0.05, 0) is 32.4 Å². The monoisotopic (exact) mass is 409 g/mol. The van der Waals surface area contributed by atoms with Gasteiger partial charge in [-0.25, -0.2) is 4.98 Å². The maximum absolute atomic E-state index is 13.4. The second-order valence-electron chi connectivity index (χ2n) is 6.27. The Bertz CT molecular complexity index is 798. The Balaban J connectivity index is 2.10. The van der Waals surface area contributed by atoms with Gasteiger partial charge >= 0.3 is 5.97 Å². The Morgan fingerprint density at radius 1 is 1.15 bits per heavy atom. The molecule has 148 valence electrons. The van der Waals surface area contributed by atoms with E-state index in [0.29, 0.717) is 25.1 Å². The van der Waals surface area contributed by atoms with Crippen molar-refractivity contribution in [3.05, 3.63) is 36.4 Å². The van der Waals surface area contributed by atoms with Crippen molar-refractivity contribution < 1.29 is 18.6 Å². The number of fused-ring (bicyclic) bond motifs is 1. The number of rotatable bonds is 11. The number of carbonyl (C=O) groups is 1. The minimum Gasteiger partial charge on any atom is -0.466 e. The largest absolute Gasteiger partial charge is 0.466 e. The summed E-state index contributed by atoms with van der Waals surface area (Å²) in [4.78, 5) is 16.8. The summed E-state index contributed by atoms with van der Waals surface area (Å²) in [5, 5.41) is 1.87. The molecule has 0 bridgehead atoms. The maximum Gasteiger partial charge on any atom is 0.309 e. The second-order valence-corrected chi connectivity index (χ2v) is 10.3. The van der Waals surface area contributed by atoms with E-state index in [1.807, 2.05) is 50.2 Å². The fourth-order valence-electron chi connectivity index (χ4n) is 2.90. The molecule has 0 aliphatic carbocycles. The van der Waals surface area contributed by atoms with Crippen LogP contribution in [0.25, 0.3) is 10.9 Å². The van der Waals surface area contributed by atoms with Gasteiger partial charge in [0.15, 0.2) is 0 Å². The van der Waals surface area contributed by atoms with Gasteiger partial charge in [0.05, 0.1) is 35.2 Å². The van der Waals surface area contributed by atoms with Gasteiger partial charge in [0, 0.05) is 11.5 Å². The summed E-state index contributed by atoms with van der Waals surface area (Å²) < 4.78 is 24.2. The summed E-state index contributed by atoms with van der Waals surface area (Å²) >= 11 is 1.42. The van der Waals surface area contributed by atoms with Crippen LogP contribution in [0.4, 0.5) is 0 Å². The van der Waals surface area contributed by atoms with E-state index in [1.54, 1.807) is 6.92 Å². The molecule has 1 aromatic heterocycles. The van der Waals surface area contributed by atoms with Crippen LogP contribution in [0.3, 0.4) is 0 Å². The minimum atomic E-state index is -2.99. The average molecular weight is 409 g/mol. The van der Waals surface area contributed by atoms with E-state index in [1.165, 1.54) is 11.8 Å². The Morgan fingerprint density at radius 3 is 2.63 bits per heavy atom. The van der Waals surface area contributed by atoms with Crippen molar-refractivity contribution in [3.8, 4) is 0 Å². The van der Waals surface area contributed by atoms with Crippen molar-refractivity contribution in [2.45, 2.75) is 38.6 Å². The van der Waals surface area contributed by atoms with Crippen LogP contribution in [-0.4, -0.2) is 35.8 Å². The molecule has 2 atom stereocenters. The van der Waals surface area contributed by atoms with E-state index in [2.05, 4.69) is 4.98 Å². The fraction of sp³-hybridized carbons (Fsp3) is 0.500. The lowest BCUT2D eigenvalue weighted by atomic mass is 10.1. The summed E-state index contributed by atoms with van der Waals surface area (Å²) in [7, 11) is -2.99. The molecule has 0 radical (unpaired) electrons. The molecule has 0 spiro atoms. The van der Waals surface area contributed by atoms with Gasteiger partial charge in [0.25, 0.3) is 0 Å². The first-order valence-corrected chi connectivity index (χ1v) is 12.4. The maximum atomic E-state index is 13.4. The number of esters is 1. The lowest BCUT2D eigenvalue weighted by molar-refractivity contribution is -0.147. The number of pyridine rings is 1. The molecule has 2 aromatic rings. The van der Waals surface area contributed by atoms with Crippen LogP contribution in [0.2, 0.25) is 0 Å². The molecule has 1 heterocycles. The smallest absolute Gasteiger partial charge is 0.309 e. The lowest BCUT2D eigenvalue weighted by Gasteiger charge is -2.22. The third-order valence-corrected chi connectivity index (χ3v) is 8.44. The number of thioether (sulfide) groups is 1. The number of hydrogen-bond donors (Lipinski definition) is 0. The predicted molar refractivity (Wildman–Crippen MR) is 112 cm³/mol. The number of para-hydroxylation sites is 1. The standard InChI is InChI=1S/C20H28NO4PS/c1-4-9-17(20(22)24-5-2)14-26(23,25-6-3)15-27-19-13-12-16-10-7-8-11-18(16)21-19/h7-8,10-13,17H,4-6,9,14-15H2,1-3H3. The summed E-state index contributed by atoms with van der Waals surface area (Å²) in [6.07, 6.45) is 1.69. The molecule has 2 rings (SSSR count). The van der Waals surface area contributed by atoms with Crippen molar-refractivity contribution in [2.75, 3.05) is 24.9 Å². The quantitative estimate of drug-likeness (QED) is 0.274. The van der Waals surface area contributed by atoms with Crippen LogP contribution in [-0.2, 0) is 18.6 Å². The number of nitrogens with zero attached hydrogens (tertiary/aromatic N) is 1. The van der Waals surface area contributed by atoms with E-state index in [-0.39, 0.29) is 12.1 Å². The van der Waals surface area contributed by atoms with E-state index in [4.69, 9.17) is 9.26 Å². The highest BCUT2D eigenvalue weighted by molar-refractivity contribution is 8.05. The zero-order valence-electron chi connectivity index (χ0n) is 16.2. The van der Waals surface area contributed by atoms with Crippen molar-refractivity contribution in [1.82, 2.24) is 4.98 Å². The van der Waals surface area contributed by atoms with Crippen molar-refractivity contribution in [2.24, 2.45) is 5.92 Å². The third kappa shape index (κ3) is 6.63. The molecule has 1 aromatic carbocycles. The minimum absolute atomic E-state index is 0.216. The van der Waals surface area contributed by atoms with E-state index in [0.717, 1.165) is 22.3 Å². The SMILES string of the molecule is CCCC(CP(=O)(CSc1ccc2ccccc2n1)OCC)C(=O)OCC. The molecule has 0 aliphatic rings. The highest BCUT2D eigenvalue weighted by atomic mass is 32.2. The Hall–Kier alpha value is -1.36. The lowest BCUT2D eigenvalue weighted by Crippen LogP contribution is -2.22. The Morgan fingerprint density at radius 2 is 1.93 bits per heavy atom. The number of aromatic nitrogens is 1. The predicted octanol–water partition coefficient (Wildman–Crippen LogP) is 5.58. The number of carbonyl (C=O) groups excluding carboxylic acids is 1. The van der Waals surface area contributed by atoms with Gasteiger partial charge in [0.2, 0.25) is 7.37 Å². The highest BCUT2D eigenvalue weighted by Crippen LogP contribution is 2.53. The van der Waals surface area contributed by atoms with Gasteiger partial charge in [-0.2, -0.15) is 0 Å². The molecule has 0 N–H and O–H groups in total. The van der Waals surface area contributed by atoms with Gasteiger partial charge in [-0.1, -0.05) is 49.4 Å². The zero-order chi connectivity index (χ0) is 19.7. The second kappa shape index (κ2) is 10.8. The third-order valence-electron chi connectivity index (χ3n) is 4.10. The van der Waals surface area contributed by atoms with E-state index in [9.17, 15) is 9.36 Å². The van der Waals surface area contributed by atoms with Crippen LogP contribution in [0.15, 0.2) is 41.4 Å². The molecular weight excluding hydrogens is 381 g/mol. The Labute approximate surface area is 165 Å². The molecule has 0 saturated carbocycles. The Kier molecular flexibility index (Phi) is 8.81. The number of benzene rings is 1. The first-order chi connectivity index (χ1) is 13.0. The molecule has 5 nitrogen and oxygen atoms in total. The van der Waals surface area contributed by atoms with E-state index >= 15 is 0 Å². The molecular formula is C20H28NO4PS. The van der Waals surface area contributed by atoms with Crippen LogP contribution in [0.1, 0.15) is 33.6 Å². The van der Waals surface area contributed by atoms with Gasteiger partial charge in [-0.15, -0.1) is 0 Å². The van der Waals surface area contributed by atoms with Gasteiger partial charge < -0.3 is 9.26 Å². The number of hydrogen-bond acceptors (Lipinski definition) is 6. The summed E-state index contributed by atoms with van der Waals surface area (Å²) in [5.74, 6) is -0.675. The highest BCUT2D eigenvalue weighted by Gasteiger charge is 2.32. The van der Waals surface area contributed by atoms with Gasteiger partial charge in [0.1, 0.15) is 0 Å². The fourth-order valence-corrected chi connectivity index (χ4v) is 6.84. The van der Waals surface area contributed by atoms with Crippen LogP contribution < -0.4 is 0 Å². The molecule has 0 amide bonds. The number of ether oxygens (including phenoxy) is 1. The molecule has 0 saturated heterocycles. The van der Waals surface area contributed by atoms with Crippen LogP contribution in [0, 0.1) is 5.92 Å². The van der Waals surface area contributed by atoms with E-state index < -0.39 is 13.3 Å². The summed E-state index contributed by atoms with van der Waals surface area (Å²) in [6, 6.07) is 11.8. The summed E-state index contributed by atoms with van der Waals surface area (Å²) in [6.45, 7) is 6.29. The normalized spacial score (nSPS) is 14.6. The van der Waals surface area contributed by atoms with Gasteiger partial charge in [-0.3, -0.25) is 9.36 Å².